The van der Waals surface area contributed by atoms with Crippen LogP contribution in [0.1, 0.15) is 32.6 Å². The molecule has 0 aromatic rings. The van der Waals surface area contributed by atoms with Crippen LogP contribution >= 0.6 is 0 Å². The second-order valence-electron chi connectivity index (χ2n) is 1.98. The lowest BCUT2D eigenvalue weighted by Gasteiger charge is -1.85. The lowest BCUT2D eigenvalue weighted by molar-refractivity contribution is -0.107. The highest BCUT2D eigenvalue weighted by molar-refractivity contribution is 5.48. The largest absolute Gasteiger partial charge is 0.303 e. The van der Waals surface area contributed by atoms with Gasteiger partial charge in [0.15, 0.2) is 0 Å². The van der Waals surface area contributed by atoms with Gasteiger partial charge in [0.1, 0.15) is 6.29 Å². The molecule has 0 saturated carbocycles. The Morgan fingerprint density at radius 2 is 2.00 bits per heavy atom. The highest BCUT2D eigenvalue weighted by atomic mass is 16.1. The van der Waals surface area contributed by atoms with Crippen molar-refractivity contribution in [2.75, 3.05) is 0 Å². The van der Waals surface area contributed by atoms with E-state index >= 15 is 0 Å². The maximum absolute atomic E-state index is 9.81. The Kier molecular flexibility index (Phi) is 6.92. The molecular formula is C8H14O. The molecule has 0 saturated heterocycles. The first kappa shape index (κ1) is 8.41. The Morgan fingerprint density at radius 3 is 2.56 bits per heavy atom. The van der Waals surface area contributed by atoms with Gasteiger partial charge in [-0.25, -0.2) is 0 Å². The van der Waals surface area contributed by atoms with Crippen LogP contribution in [0, 0.1) is 0 Å². The molecule has 0 radical (unpaired) electrons. The Morgan fingerprint density at radius 1 is 1.22 bits per heavy atom. The topological polar surface area (TPSA) is 17.1 Å². The van der Waals surface area contributed by atoms with Crippen molar-refractivity contribution in [2.24, 2.45) is 0 Å². The van der Waals surface area contributed by atoms with E-state index in [1.54, 1.807) is 0 Å². The Labute approximate surface area is 56.8 Å². The van der Waals surface area contributed by atoms with E-state index in [0.717, 1.165) is 25.5 Å². The molecule has 0 spiro atoms. The van der Waals surface area contributed by atoms with Crippen molar-refractivity contribution >= 4 is 6.29 Å². The van der Waals surface area contributed by atoms with Crippen LogP contribution < -0.4 is 0 Å². The third kappa shape index (κ3) is 7.41. The van der Waals surface area contributed by atoms with Gasteiger partial charge in [-0.2, -0.15) is 0 Å². The van der Waals surface area contributed by atoms with Gasteiger partial charge >= 0.3 is 0 Å². The van der Waals surface area contributed by atoms with Gasteiger partial charge in [-0.15, -0.1) is 0 Å². The zero-order chi connectivity index (χ0) is 6.95. The number of carbonyl (C=O) groups is 1. The molecule has 0 atom stereocenters. The lowest BCUT2D eigenvalue weighted by Crippen LogP contribution is -1.72. The predicted molar refractivity (Wildman–Crippen MR) is 39.3 cm³/mol. The number of aldehydes is 1. The van der Waals surface area contributed by atoms with Crippen LogP contribution in [0.2, 0.25) is 0 Å². The maximum Gasteiger partial charge on any atom is 0.120 e. The zero-order valence-electron chi connectivity index (χ0n) is 5.97. The Hall–Kier alpha value is -0.590. The monoisotopic (exact) mass is 126 g/mol. The first-order chi connectivity index (χ1) is 4.41. The molecule has 0 aliphatic carbocycles. The third-order valence-corrected chi connectivity index (χ3v) is 1.10. The molecule has 0 N–H and O–H groups in total. The molecule has 0 bridgehead atoms. The van der Waals surface area contributed by atoms with Gasteiger partial charge in [-0.05, 0) is 19.3 Å². The summed E-state index contributed by atoms with van der Waals surface area (Å²) < 4.78 is 0. The average molecular weight is 126 g/mol. The summed E-state index contributed by atoms with van der Waals surface area (Å²) in [7, 11) is 0. The van der Waals surface area contributed by atoms with Crippen LogP contribution in [0.4, 0.5) is 0 Å². The highest BCUT2D eigenvalue weighted by Crippen LogP contribution is 1.94. The van der Waals surface area contributed by atoms with E-state index in [1.807, 2.05) is 0 Å². The smallest absolute Gasteiger partial charge is 0.120 e. The Bertz CT molecular complexity index is 84.6. The number of rotatable bonds is 5. The zero-order valence-corrected chi connectivity index (χ0v) is 5.97. The van der Waals surface area contributed by atoms with Crippen molar-refractivity contribution in [1.29, 1.82) is 0 Å². The van der Waals surface area contributed by atoms with E-state index in [1.165, 1.54) is 0 Å². The summed E-state index contributed by atoms with van der Waals surface area (Å²) in [5.41, 5.74) is 0. The highest BCUT2D eigenvalue weighted by Gasteiger charge is 1.79. The summed E-state index contributed by atoms with van der Waals surface area (Å²) in [5, 5.41) is 0. The van der Waals surface area contributed by atoms with E-state index in [0.29, 0.717) is 6.42 Å². The molecular weight excluding hydrogens is 112 g/mol. The molecule has 52 valence electrons. The number of carbonyl (C=O) groups excluding carboxylic acids is 1. The van der Waals surface area contributed by atoms with Crippen LogP contribution in [-0.4, -0.2) is 6.29 Å². The van der Waals surface area contributed by atoms with Crippen molar-refractivity contribution in [3.63, 3.8) is 0 Å². The number of hydrogen-bond acceptors (Lipinski definition) is 1. The molecule has 1 nitrogen and oxygen atoms in total. The fourth-order valence-electron chi connectivity index (χ4n) is 0.604. The van der Waals surface area contributed by atoms with Gasteiger partial charge in [0.05, 0.1) is 0 Å². The van der Waals surface area contributed by atoms with Crippen LogP contribution in [-0.2, 0) is 4.79 Å². The minimum Gasteiger partial charge on any atom is -0.303 e. The van der Waals surface area contributed by atoms with E-state index < -0.39 is 0 Å². The van der Waals surface area contributed by atoms with E-state index in [4.69, 9.17) is 0 Å². The molecule has 1 heteroatoms. The van der Waals surface area contributed by atoms with Crippen molar-refractivity contribution in [3.8, 4) is 0 Å². The lowest BCUT2D eigenvalue weighted by atomic mass is 10.2. The standard InChI is InChI=1S/C8H14O/c1-2-3-4-5-6-7-8-9/h3-4,8H,2,5-7H2,1H3/b4-3+. The summed E-state index contributed by atoms with van der Waals surface area (Å²) >= 11 is 0. The predicted octanol–water partition coefficient (Wildman–Crippen LogP) is 2.32. The van der Waals surface area contributed by atoms with Crippen molar-refractivity contribution in [1.82, 2.24) is 0 Å². The molecule has 0 heterocycles. The number of allylic oxidation sites excluding steroid dienone is 2. The van der Waals surface area contributed by atoms with Gasteiger partial charge in [0.25, 0.3) is 0 Å². The molecule has 0 rings (SSSR count). The number of unbranched alkanes of at least 4 members (excludes halogenated alkanes) is 2. The molecule has 0 aliphatic heterocycles. The van der Waals surface area contributed by atoms with Gasteiger partial charge in [-0.3, -0.25) is 0 Å². The third-order valence-electron chi connectivity index (χ3n) is 1.10. The van der Waals surface area contributed by atoms with Crippen molar-refractivity contribution in [2.45, 2.75) is 32.6 Å². The van der Waals surface area contributed by atoms with E-state index in [-0.39, 0.29) is 0 Å². The van der Waals surface area contributed by atoms with E-state index in [9.17, 15) is 4.79 Å². The van der Waals surface area contributed by atoms with Gasteiger partial charge in [-0.1, -0.05) is 19.1 Å². The molecule has 0 aliphatic rings. The first-order valence-electron chi connectivity index (χ1n) is 3.50. The fraction of sp³-hybridized carbons (Fsp3) is 0.625. The molecule has 0 fully saturated rings. The summed E-state index contributed by atoms with van der Waals surface area (Å²) in [5.74, 6) is 0. The second kappa shape index (κ2) is 7.41. The fourth-order valence-corrected chi connectivity index (χ4v) is 0.604. The quantitative estimate of drug-likeness (QED) is 0.314. The normalized spacial score (nSPS) is 10.3. The minimum atomic E-state index is 0.702. The van der Waals surface area contributed by atoms with Crippen LogP contribution in [0.15, 0.2) is 12.2 Å². The summed E-state index contributed by atoms with van der Waals surface area (Å²) in [6, 6.07) is 0. The van der Waals surface area contributed by atoms with Gasteiger partial charge in [0.2, 0.25) is 0 Å². The molecule has 0 aromatic carbocycles. The minimum absolute atomic E-state index is 0.702. The molecule has 0 unspecified atom stereocenters. The number of hydrogen-bond donors (Lipinski definition) is 0. The molecule has 9 heavy (non-hydrogen) atoms. The summed E-state index contributed by atoms with van der Waals surface area (Å²) in [6.07, 6.45) is 9.08. The first-order valence-corrected chi connectivity index (χ1v) is 3.50. The van der Waals surface area contributed by atoms with Crippen molar-refractivity contribution < 1.29 is 4.79 Å². The van der Waals surface area contributed by atoms with E-state index in [2.05, 4.69) is 19.1 Å². The van der Waals surface area contributed by atoms with Crippen LogP contribution in [0.5, 0.6) is 0 Å². The van der Waals surface area contributed by atoms with Crippen LogP contribution in [0.25, 0.3) is 0 Å². The SMILES string of the molecule is CC/C=C/CCCC=O. The van der Waals surface area contributed by atoms with Gasteiger partial charge in [0, 0.05) is 6.42 Å². The van der Waals surface area contributed by atoms with Gasteiger partial charge < -0.3 is 4.79 Å². The molecule has 0 amide bonds. The average Bonchev–Trinajstić information content (AvgIpc) is 1.89. The summed E-state index contributed by atoms with van der Waals surface area (Å²) in [4.78, 5) is 9.81. The second-order valence-corrected chi connectivity index (χ2v) is 1.98. The Balaban J connectivity index is 2.90. The van der Waals surface area contributed by atoms with Crippen LogP contribution in [0.3, 0.4) is 0 Å². The summed E-state index contributed by atoms with van der Waals surface area (Å²) in [6.45, 7) is 2.11. The van der Waals surface area contributed by atoms with Crippen molar-refractivity contribution in [3.05, 3.63) is 12.2 Å². The maximum atomic E-state index is 9.81. The molecule has 0 aromatic heterocycles.